The second-order valence-electron chi connectivity index (χ2n) is 3.78. The molecule has 0 aliphatic rings. The lowest BCUT2D eigenvalue weighted by Crippen LogP contribution is -2.33. The van der Waals surface area contributed by atoms with E-state index >= 15 is 0 Å². The summed E-state index contributed by atoms with van der Waals surface area (Å²) in [5.74, 6) is 0.376. The fourth-order valence-corrected chi connectivity index (χ4v) is 1.72. The number of anilines is 2. The molecule has 2 N–H and O–H groups in total. The smallest absolute Gasteiger partial charge is 0.248 e. The number of amides is 1. The van der Waals surface area contributed by atoms with E-state index in [0.717, 1.165) is 5.69 Å². The quantitative estimate of drug-likeness (QED) is 0.868. The van der Waals surface area contributed by atoms with E-state index < -0.39 is 0 Å². The monoisotopic (exact) mass is 245 g/mol. The Morgan fingerprint density at radius 1 is 1.39 bits per heavy atom. The molecule has 0 bridgehead atoms. The lowest BCUT2D eigenvalue weighted by atomic mass is 10.3. The molecule has 6 heteroatoms. The number of nitrogens with two attached hydrogens (primary N) is 1. The minimum absolute atomic E-state index is 0.0354. The first-order valence-corrected chi connectivity index (χ1v) is 5.70. The molecular weight excluding hydrogens is 230 g/mol. The Labute approximate surface area is 105 Å². The average Bonchev–Trinajstić information content (AvgIpc) is 2.77. The van der Waals surface area contributed by atoms with Crippen molar-refractivity contribution in [2.45, 2.75) is 13.5 Å². The predicted molar refractivity (Wildman–Crippen MR) is 68.9 cm³/mol. The van der Waals surface area contributed by atoms with Gasteiger partial charge < -0.3 is 10.6 Å². The van der Waals surface area contributed by atoms with Gasteiger partial charge in [-0.25, -0.2) is 0 Å². The maximum atomic E-state index is 12.2. The maximum Gasteiger partial charge on any atom is 0.248 e. The summed E-state index contributed by atoms with van der Waals surface area (Å²) in [5.41, 5.74) is 6.34. The molecule has 2 heterocycles. The summed E-state index contributed by atoms with van der Waals surface area (Å²) >= 11 is 0. The van der Waals surface area contributed by atoms with Crippen LogP contribution in [0.15, 0.2) is 36.8 Å². The third-order valence-electron chi connectivity index (χ3n) is 2.55. The molecule has 0 saturated heterocycles. The zero-order valence-corrected chi connectivity index (χ0v) is 10.2. The number of nitrogens with zero attached hydrogens (tertiary/aromatic N) is 4. The van der Waals surface area contributed by atoms with Crippen molar-refractivity contribution in [1.29, 1.82) is 0 Å². The molecule has 0 unspecified atom stereocenters. The highest BCUT2D eigenvalue weighted by molar-refractivity contribution is 5.92. The highest BCUT2D eigenvalue weighted by Gasteiger charge is 2.14. The van der Waals surface area contributed by atoms with Crippen LogP contribution in [0.5, 0.6) is 0 Å². The fraction of sp³-hybridized carbons (Fsp3) is 0.250. The number of pyridine rings is 1. The molecule has 2 rings (SSSR count). The van der Waals surface area contributed by atoms with E-state index in [2.05, 4.69) is 10.1 Å². The summed E-state index contributed by atoms with van der Waals surface area (Å²) in [6.45, 7) is 2.70. The Balaban J connectivity index is 2.11. The van der Waals surface area contributed by atoms with Crippen molar-refractivity contribution in [2.75, 3.05) is 17.2 Å². The van der Waals surface area contributed by atoms with Gasteiger partial charge in [0.15, 0.2) is 0 Å². The van der Waals surface area contributed by atoms with Crippen LogP contribution in [0.3, 0.4) is 0 Å². The van der Waals surface area contributed by atoms with Crippen LogP contribution in [0, 0.1) is 0 Å². The Bertz CT molecular complexity index is 522. The molecule has 0 radical (unpaired) electrons. The van der Waals surface area contributed by atoms with E-state index in [1.165, 1.54) is 4.68 Å². The summed E-state index contributed by atoms with van der Waals surface area (Å²) in [6, 6.07) is 5.27. The molecule has 18 heavy (non-hydrogen) atoms. The zero-order valence-electron chi connectivity index (χ0n) is 10.2. The van der Waals surface area contributed by atoms with Crippen molar-refractivity contribution in [3.05, 3.63) is 36.8 Å². The van der Waals surface area contributed by atoms with Crippen LogP contribution in [0.25, 0.3) is 0 Å². The molecule has 0 aliphatic heterocycles. The number of carbonyl (C=O) groups excluding carboxylic acids is 1. The summed E-state index contributed by atoms with van der Waals surface area (Å²) in [5, 5.41) is 4.00. The van der Waals surface area contributed by atoms with Crippen LogP contribution < -0.4 is 10.6 Å². The maximum absolute atomic E-state index is 12.2. The number of carbonyl (C=O) groups is 1. The molecule has 0 fully saturated rings. The third-order valence-corrected chi connectivity index (χ3v) is 2.55. The highest BCUT2D eigenvalue weighted by atomic mass is 16.2. The largest absolute Gasteiger partial charge is 0.382 e. The average molecular weight is 245 g/mol. The topological polar surface area (TPSA) is 77.0 Å². The molecule has 0 aromatic carbocycles. The first-order valence-electron chi connectivity index (χ1n) is 5.70. The van der Waals surface area contributed by atoms with E-state index in [1.54, 1.807) is 41.7 Å². The van der Waals surface area contributed by atoms with Crippen LogP contribution >= 0.6 is 0 Å². The lowest BCUT2D eigenvalue weighted by Gasteiger charge is -2.20. The first kappa shape index (κ1) is 12.1. The number of rotatable bonds is 4. The van der Waals surface area contributed by atoms with Crippen molar-refractivity contribution in [3.63, 3.8) is 0 Å². The van der Waals surface area contributed by atoms with Gasteiger partial charge in [-0.1, -0.05) is 0 Å². The summed E-state index contributed by atoms with van der Waals surface area (Å²) < 4.78 is 1.53. The van der Waals surface area contributed by atoms with Crippen molar-refractivity contribution < 1.29 is 4.79 Å². The number of hydrogen-bond donors (Lipinski definition) is 1. The number of nitrogen functional groups attached to an aromatic ring is 1. The van der Waals surface area contributed by atoms with Crippen LogP contribution in [-0.4, -0.2) is 27.2 Å². The van der Waals surface area contributed by atoms with Crippen molar-refractivity contribution in [2.24, 2.45) is 0 Å². The Hall–Kier alpha value is -2.37. The first-order chi connectivity index (χ1) is 8.70. The van der Waals surface area contributed by atoms with E-state index in [4.69, 9.17) is 5.73 Å². The Morgan fingerprint density at radius 2 is 2.11 bits per heavy atom. The van der Waals surface area contributed by atoms with Crippen LogP contribution in [0.2, 0.25) is 0 Å². The van der Waals surface area contributed by atoms with E-state index in [1.807, 2.05) is 6.92 Å². The predicted octanol–water partition coefficient (Wildman–Crippen LogP) is 0.913. The Kier molecular flexibility index (Phi) is 3.57. The van der Waals surface area contributed by atoms with E-state index in [0.29, 0.717) is 12.4 Å². The number of likely N-dealkylation sites (N-methyl/N-ethyl adjacent to an activating group) is 1. The molecule has 6 nitrogen and oxygen atoms in total. The van der Waals surface area contributed by atoms with Gasteiger partial charge in [0.25, 0.3) is 0 Å². The second-order valence-corrected chi connectivity index (χ2v) is 3.78. The van der Waals surface area contributed by atoms with Crippen LogP contribution in [0.4, 0.5) is 11.5 Å². The molecule has 0 aliphatic carbocycles. The Morgan fingerprint density at radius 3 is 2.67 bits per heavy atom. The fourth-order valence-electron chi connectivity index (χ4n) is 1.72. The van der Waals surface area contributed by atoms with Crippen molar-refractivity contribution >= 4 is 17.4 Å². The standard InChI is InChI=1S/C12H15N5O/c1-2-17(10-3-6-14-7-4-10)12(18)9-16-8-5-11(13)15-16/h3-8H,2,9H2,1H3,(H2,13,15). The summed E-state index contributed by atoms with van der Waals surface area (Å²) in [6.07, 6.45) is 5.02. The molecule has 1 amide bonds. The highest BCUT2D eigenvalue weighted by Crippen LogP contribution is 2.12. The summed E-state index contributed by atoms with van der Waals surface area (Å²) in [4.78, 5) is 17.8. The number of hydrogen-bond acceptors (Lipinski definition) is 4. The van der Waals surface area contributed by atoms with Gasteiger partial charge in [-0.3, -0.25) is 14.5 Å². The van der Waals surface area contributed by atoms with Crippen LogP contribution in [0.1, 0.15) is 6.92 Å². The van der Waals surface area contributed by atoms with Gasteiger partial charge in [-0.15, -0.1) is 0 Å². The number of aromatic nitrogens is 3. The SMILES string of the molecule is CCN(C(=O)Cn1ccc(N)n1)c1ccncc1. The lowest BCUT2D eigenvalue weighted by molar-refractivity contribution is -0.119. The van der Waals surface area contributed by atoms with Gasteiger partial charge in [-0.2, -0.15) is 5.10 Å². The van der Waals surface area contributed by atoms with Gasteiger partial charge in [0.1, 0.15) is 12.4 Å². The van der Waals surface area contributed by atoms with E-state index in [-0.39, 0.29) is 12.5 Å². The minimum Gasteiger partial charge on any atom is -0.382 e. The van der Waals surface area contributed by atoms with Gasteiger partial charge in [0.05, 0.1) is 0 Å². The molecule has 0 saturated carbocycles. The molecule has 0 spiro atoms. The van der Waals surface area contributed by atoms with Gasteiger partial charge in [0.2, 0.25) is 5.91 Å². The molecular formula is C12H15N5O. The van der Waals surface area contributed by atoms with Gasteiger partial charge in [-0.05, 0) is 25.1 Å². The summed E-state index contributed by atoms with van der Waals surface area (Å²) in [7, 11) is 0. The third kappa shape index (κ3) is 2.65. The van der Waals surface area contributed by atoms with E-state index in [9.17, 15) is 4.79 Å². The minimum atomic E-state index is -0.0354. The molecule has 2 aromatic heterocycles. The molecule has 2 aromatic rings. The molecule has 94 valence electrons. The molecule has 0 atom stereocenters. The van der Waals surface area contributed by atoms with Crippen molar-refractivity contribution in [3.8, 4) is 0 Å². The van der Waals surface area contributed by atoms with Crippen molar-refractivity contribution in [1.82, 2.24) is 14.8 Å². The second kappa shape index (κ2) is 5.31. The van der Waals surface area contributed by atoms with Gasteiger partial charge in [0, 0.05) is 30.8 Å². The normalized spacial score (nSPS) is 10.3. The van der Waals surface area contributed by atoms with Gasteiger partial charge >= 0.3 is 0 Å². The van der Waals surface area contributed by atoms with Crippen LogP contribution in [-0.2, 0) is 11.3 Å². The zero-order chi connectivity index (χ0) is 13.0.